The Morgan fingerprint density at radius 2 is 1.86 bits per heavy atom. The topological polar surface area (TPSA) is 32.3 Å². The Balaban J connectivity index is 2.10. The molecule has 2 nitrogen and oxygen atoms in total. The van der Waals surface area contributed by atoms with E-state index < -0.39 is 0 Å². The first kappa shape index (κ1) is 12.0. The largest absolute Gasteiger partial charge is 0.393 e. The second-order valence-electron chi connectivity index (χ2n) is 4.78. The fraction of sp³-hybridized carbons (Fsp3) is 1.00. The molecule has 2 heteroatoms. The van der Waals surface area contributed by atoms with Gasteiger partial charge in [-0.3, -0.25) is 0 Å². The van der Waals surface area contributed by atoms with E-state index in [1.165, 1.54) is 32.1 Å². The van der Waals surface area contributed by atoms with Crippen molar-refractivity contribution in [1.82, 2.24) is 5.32 Å². The lowest BCUT2D eigenvalue weighted by Gasteiger charge is -2.28. The molecule has 84 valence electrons. The third kappa shape index (κ3) is 4.43. The summed E-state index contributed by atoms with van der Waals surface area (Å²) >= 11 is 0. The standard InChI is InChI=1S/C12H25NO/c1-10(14)8-9-13-11(2)12-6-4-3-5-7-12/h10-14H,3-9H2,1-2H3/t10-,11+/m1/s1. The Morgan fingerprint density at radius 1 is 1.21 bits per heavy atom. The Kier molecular flexibility index (Phi) is 5.49. The van der Waals surface area contributed by atoms with Gasteiger partial charge in [-0.2, -0.15) is 0 Å². The molecule has 0 spiro atoms. The summed E-state index contributed by atoms with van der Waals surface area (Å²) in [4.78, 5) is 0. The van der Waals surface area contributed by atoms with E-state index in [2.05, 4.69) is 12.2 Å². The van der Waals surface area contributed by atoms with Crippen LogP contribution in [0.15, 0.2) is 0 Å². The fourth-order valence-electron chi connectivity index (χ4n) is 2.32. The van der Waals surface area contributed by atoms with Crippen molar-refractivity contribution in [2.45, 2.75) is 64.5 Å². The summed E-state index contributed by atoms with van der Waals surface area (Å²) in [5.41, 5.74) is 0. The van der Waals surface area contributed by atoms with Crippen molar-refractivity contribution >= 4 is 0 Å². The summed E-state index contributed by atoms with van der Waals surface area (Å²) < 4.78 is 0. The summed E-state index contributed by atoms with van der Waals surface area (Å²) in [5, 5.41) is 12.7. The van der Waals surface area contributed by atoms with Crippen molar-refractivity contribution in [2.75, 3.05) is 6.54 Å². The van der Waals surface area contributed by atoms with Crippen LogP contribution in [0.3, 0.4) is 0 Å². The molecule has 1 fully saturated rings. The lowest BCUT2D eigenvalue weighted by Crippen LogP contribution is -2.36. The lowest BCUT2D eigenvalue weighted by atomic mass is 9.84. The summed E-state index contributed by atoms with van der Waals surface area (Å²) in [6, 6.07) is 0.633. The van der Waals surface area contributed by atoms with E-state index in [9.17, 15) is 0 Å². The van der Waals surface area contributed by atoms with Crippen LogP contribution < -0.4 is 5.32 Å². The quantitative estimate of drug-likeness (QED) is 0.712. The molecule has 2 N–H and O–H groups in total. The Hall–Kier alpha value is -0.0800. The molecule has 0 aromatic rings. The van der Waals surface area contributed by atoms with E-state index >= 15 is 0 Å². The zero-order valence-corrected chi connectivity index (χ0v) is 9.63. The molecule has 0 unspecified atom stereocenters. The highest BCUT2D eigenvalue weighted by Crippen LogP contribution is 2.26. The van der Waals surface area contributed by atoms with Gasteiger partial charge in [-0.25, -0.2) is 0 Å². The average molecular weight is 199 g/mol. The van der Waals surface area contributed by atoms with E-state index in [0.29, 0.717) is 6.04 Å². The molecule has 1 aliphatic carbocycles. The number of hydrogen-bond acceptors (Lipinski definition) is 2. The molecule has 0 amide bonds. The highest BCUT2D eigenvalue weighted by molar-refractivity contribution is 4.75. The van der Waals surface area contributed by atoms with Crippen LogP contribution in [0.25, 0.3) is 0 Å². The van der Waals surface area contributed by atoms with E-state index in [4.69, 9.17) is 5.11 Å². The van der Waals surface area contributed by atoms with Crippen LogP contribution in [-0.4, -0.2) is 23.8 Å². The van der Waals surface area contributed by atoms with Gasteiger partial charge in [-0.15, -0.1) is 0 Å². The van der Waals surface area contributed by atoms with Crippen LogP contribution in [0, 0.1) is 5.92 Å². The predicted molar refractivity (Wildman–Crippen MR) is 60.3 cm³/mol. The summed E-state index contributed by atoms with van der Waals surface area (Å²) in [6.45, 7) is 5.10. The second kappa shape index (κ2) is 6.41. The van der Waals surface area contributed by atoms with Crippen LogP contribution in [0.2, 0.25) is 0 Å². The van der Waals surface area contributed by atoms with Crippen molar-refractivity contribution in [3.05, 3.63) is 0 Å². The van der Waals surface area contributed by atoms with Gasteiger partial charge in [0, 0.05) is 6.04 Å². The molecule has 1 saturated carbocycles. The minimum absolute atomic E-state index is 0.166. The number of hydrogen-bond donors (Lipinski definition) is 2. The van der Waals surface area contributed by atoms with Crippen molar-refractivity contribution in [3.8, 4) is 0 Å². The van der Waals surface area contributed by atoms with Crippen molar-refractivity contribution in [1.29, 1.82) is 0 Å². The molecule has 14 heavy (non-hydrogen) atoms. The van der Waals surface area contributed by atoms with Crippen LogP contribution >= 0.6 is 0 Å². The van der Waals surface area contributed by atoms with Gasteiger partial charge in [-0.05, 0) is 45.6 Å². The predicted octanol–water partition coefficient (Wildman–Crippen LogP) is 2.32. The summed E-state index contributed by atoms with van der Waals surface area (Å²) in [5.74, 6) is 0.873. The highest BCUT2D eigenvalue weighted by atomic mass is 16.3. The molecule has 1 rings (SSSR count). The molecule has 0 bridgehead atoms. The minimum Gasteiger partial charge on any atom is -0.393 e. The highest BCUT2D eigenvalue weighted by Gasteiger charge is 2.19. The van der Waals surface area contributed by atoms with Gasteiger partial charge < -0.3 is 10.4 Å². The summed E-state index contributed by atoms with van der Waals surface area (Å²) in [6.07, 6.45) is 7.74. The van der Waals surface area contributed by atoms with Gasteiger partial charge >= 0.3 is 0 Å². The Labute approximate surface area is 88.1 Å². The van der Waals surface area contributed by atoms with Crippen LogP contribution in [0.1, 0.15) is 52.4 Å². The number of aliphatic hydroxyl groups excluding tert-OH is 1. The maximum Gasteiger partial charge on any atom is 0.0524 e. The molecular weight excluding hydrogens is 174 g/mol. The van der Waals surface area contributed by atoms with Gasteiger partial charge in [0.2, 0.25) is 0 Å². The Bertz CT molecular complexity index is 141. The zero-order chi connectivity index (χ0) is 10.4. The number of rotatable bonds is 5. The van der Waals surface area contributed by atoms with Crippen LogP contribution in [0.4, 0.5) is 0 Å². The second-order valence-corrected chi connectivity index (χ2v) is 4.78. The normalized spacial score (nSPS) is 23.4. The van der Waals surface area contributed by atoms with Gasteiger partial charge in [0.05, 0.1) is 6.10 Å². The summed E-state index contributed by atoms with van der Waals surface area (Å²) in [7, 11) is 0. The van der Waals surface area contributed by atoms with Crippen molar-refractivity contribution < 1.29 is 5.11 Å². The van der Waals surface area contributed by atoms with E-state index in [1.54, 1.807) is 0 Å². The van der Waals surface area contributed by atoms with Gasteiger partial charge in [0.15, 0.2) is 0 Å². The molecule has 0 radical (unpaired) electrons. The third-order valence-corrected chi connectivity index (χ3v) is 3.39. The van der Waals surface area contributed by atoms with Crippen molar-refractivity contribution in [2.24, 2.45) is 5.92 Å². The molecule has 2 atom stereocenters. The maximum atomic E-state index is 9.14. The van der Waals surface area contributed by atoms with E-state index in [-0.39, 0.29) is 6.10 Å². The molecule has 0 aliphatic heterocycles. The molecule has 0 aromatic carbocycles. The third-order valence-electron chi connectivity index (χ3n) is 3.39. The SMILES string of the molecule is C[C@H](NCC[C@@H](C)O)C1CCCCC1. The maximum absolute atomic E-state index is 9.14. The smallest absolute Gasteiger partial charge is 0.0524 e. The Morgan fingerprint density at radius 3 is 2.43 bits per heavy atom. The first-order chi connectivity index (χ1) is 6.70. The van der Waals surface area contributed by atoms with Crippen LogP contribution in [-0.2, 0) is 0 Å². The average Bonchev–Trinajstić information content (AvgIpc) is 2.18. The van der Waals surface area contributed by atoms with Gasteiger partial charge in [0.25, 0.3) is 0 Å². The molecule has 0 saturated heterocycles. The minimum atomic E-state index is -0.166. The first-order valence-corrected chi connectivity index (χ1v) is 6.11. The number of aliphatic hydroxyl groups is 1. The molecule has 1 aliphatic rings. The lowest BCUT2D eigenvalue weighted by molar-refractivity contribution is 0.178. The fourth-order valence-corrected chi connectivity index (χ4v) is 2.32. The molecular formula is C12H25NO. The van der Waals surface area contributed by atoms with Gasteiger partial charge in [0.1, 0.15) is 0 Å². The monoisotopic (exact) mass is 199 g/mol. The first-order valence-electron chi connectivity index (χ1n) is 6.11. The van der Waals surface area contributed by atoms with Crippen LogP contribution in [0.5, 0.6) is 0 Å². The zero-order valence-electron chi connectivity index (χ0n) is 9.63. The molecule has 0 heterocycles. The van der Waals surface area contributed by atoms with E-state index in [1.807, 2.05) is 6.92 Å². The molecule has 0 aromatic heterocycles. The number of nitrogens with one attached hydrogen (secondary N) is 1. The van der Waals surface area contributed by atoms with Gasteiger partial charge in [-0.1, -0.05) is 19.3 Å². The van der Waals surface area contributed by atoms with Crippen molar-refractivity contribution in [3.63, 3.8) is 0 Å². The van der Waals surface area contributed by atoms with E-state index in [0.717, 1.165) is 18.9 Å².